The third-order valence-corrected chi connectivity index (χ3v) is 8.82. The second-order valence-electron chi connectivity index (χ2n) is 10.8. The van der Waals surface area contributed by atoms with Gasteiger partial charge in [0.25, 0.3) is 5.91 Å². The van der Waals surface area contributed by atoms with E-state index in [1.165, 1.54) is 17.6 Å². The normalized spacial score (nSPS) is 16.6. The van der Waals surface area contributed by atoms with Gasteiger partial charge >= 0.3 is 5.97 Å². The van der Waals surface area contributed by atoms with Crippen molar-refractivity contribution in [3.8, 4) is 17.0 Å². The molecule has 3 aromatic rings. The summed E-state index contributed by atoms with van der Waals surface area (Å²) < 4.78 is 5.57. The standard InChI is InChI=1S/C31H34N4O5S/c1-34-11-13-35(14-12-34)30(39)21-7-8-26(40-2)24(15-21)25-20-41-28(33-25)9-10-32-19-27(36)31(18-29(37)38)16-22-5-3-4-6-23(22)17-31/h3-8,15,19-20H,9-14,16-18H2,1-2H3,(H,37,38). The maximum absolute atomic E-state index is 13.2. The molecule has 5 rings (SSSR count). The molecule has 1 aliphatic carbocycles. The molecule has 2 aliphatic rings. The van der Waals surface area contributed by atoms with E-state index in [1.54, 1.807) is 13.2 Å². The molecule has 2 heterocycles. The van der Waals surface area contributed by atoms with E-state index in [9.17, 15) is 19.5 Å². The molecule has 1 amide bonds. The lowest BCUT2D eigenvalue weighted by atomic mass is 9.77. The quantitative estimate of drug-likeness (QED) is 0.368. The number of piperazine rings is 1. The number of fused-ring (bicyclic) bond motifs is 1. The van der Waals surface area contributed by atoms with Gasteiger partial charge in [-0.3, -0.25) is 19.4 Å². The first kappa shape index (κ1) is 28.6. The van der Waals surface area contributed by atoms with Crippen molar-refractivity contribution in [1.29, 1.82) is 0 Å². The summed E-state index contributed by atoms with van der Waals surface area (Å²) in [4.78, 5) is 51.1. The van der Waals surface area contributed by atoms with Crippen LogP contribution in [0, 0.1) is 5.41 Å². The largest absolute Gasteiger partial charge is 0.496 e. The third-order valence-electron chi connectivity index (χ3n) is 7.92. The number of aliphatic imine (C=N–C) groups is 1. The Balaban J connectivity index is 1.24. The van der Waals surface area contributed by atoms with Crippen LogP contribution in [0.5, 0.6) is 5.75 Å². The van der Waals surface area contributed by atoms with Crippen molar-refractivity contribution in [2.45, 2.75) is 25.7 Å². The monoisotopic (exact) mass is 574 g/mol. The molecule has 214 valence electrons. The summed E-state index contributed by atoms with van der Waals surface area (Å²) in [5.41, 5.74) is 3.14. The van der Waals surface area contributed by atoms with Crippen molar-refractivity contribution in [3.05, 3.63) is 69.5 Å². The first-order valence-electron chi connectivity index (χ1n) is 13.7. The molecule has 0 unspecified atom stereocenters. The first-order valence-corrected chi connectivity index (χ1v) is 14.6. The number of aromatic nitrogens is 1. The molecule has 1 saturated heterocycles. The van der Waals surface area contributed by atoms with Crippen LogP contribution >= 0.6 is 11.3 Å². The van der Waals surface area contributed by atoms with Crippen LogP contribution in [0.1, 0.15) is 32.9 Å². The second kappa shape index (κ2) is 12.3. The smallest absolute Gasteiger partial charge is 0.304 e. The van der Waals surface area contributed by atoms with Crippen LogP contribution in [-0.2, 0) is 28.9 Å². The Bertz CT molecular complexity index is 1450. The number of thiazole rings is 1. The molecule has 0 saturated carbocycles. The molecule has 2 aromatic carbocycles. The molecule has 0 bridgehead atoms. The number of nitrogens with zero attached hydrogens (tertiary/aromatic N) is 4. The molecular weight excluding hydrogens is 540 g/mol. The predicted octanol–water partition coefficient (Wildman–Crippen LogP) is 3.65. The SMILES string of the molecule is COc1ccc(C(=O)N2CCN(C)CC2)cc1-c1csc(CCN=CC(=O)C2(CC(=O)O)Cc3ccccc3C2)n1. The number of aliphatic carboxylic acids is 1. The van der Waals surface area contributed by atoms with Crippen LogP contribution in [0.2, 0.25) is 0 Å². The van der Waals surface area contributed by atoms with Crippen molar-refractivity contribution in [2.75, 3.05) is 46.9 Å². The van der Waals surface area contributed by atoms with Crippen LogP contribution in [-0.4, -0.2) is 90.6 Å². The van der Waals surface area contributed by atoms with Gasteiger partial charge < -0.3 is 19.6 Å². The molecule has 0 spiro atoms. The zero-order chi connectivity index (χ0) is 29.0. The summed E-state index contributed by atoms with van der Waals surface area (Å²) in [5.74, 6) is -0.591. The zero-order valence-electron chi connectivity index (χ0n) is 23.3. The number of carboxylic acid groups (broad SMARTS) is 1. The Morgan fingerprint density at radius 1 is 1.10 bits per heavy atom. The number of carbonyl (C=O) groups is 3. The van der Waals surface area contributed by atoms with Gasteiger partial charge in [0, 0.05) is 55.7 Å². The number of Topliss-reactive ketones (excluding diaryl/α,β-unsaturated/α-hetero) is 1. The highest BCUT2D eigenvalue weighted by molar-refractivity contribution is 7.09. The van der Waals surface area contributed by atoms with Crippen LogP contribution in [0.15, 0.2) is 52.8 Å². The van der Waals surface area contributed by atoms with Crippen LogP contribution in [0.3, 0.4) is 0 Å². The van der Waals surface area contributed by atoms with E-state index in [0.29, 0.717) is 50.2 Å². The number of hydrogen-bond donors (Lipinski definition) is 1. The Kier molecular flexibility index (Phi) is 8.60. The summed E-state index contributed by atoms with van der Waals surface area (Å²) >= 11 is 1.49. The molecule has 41 heavy (non-hydrogen) atoms. The van der Waals surface area contributed by atoms with Crippen LogP contribution in [0.25, 0.3) is 11.3 Å². The number of carboxylic acids is 1. The van der Waals surface area contributed by atoms with E-state index in [1.807, 2.05) is 46.7 Å². The van der Waals surface area contributed by atoms with Crippen molar-refractivity contribution in [1.82, 2.24) is 14.8 Å². The Morgan fingerprint density at radius 3 is 2.46 bits per heavy atom. The summed E-state index contributed by atoms with van der Waals surface area (Å²) in [6.07, 6.45) is 2.44. The Hall–Kier alpha value is -3.89. The summed E-state index contributed by atoms with van der Waals surface area (Å²) in [5, 5.41) is 12.3. The van der Waals surface area contributed by atoms with Crippen molar-refractivity contribution in [2.24, 2.45) is 10.4 Å². The van der Waals surface area contributed by atoms with Gasteiger partial charge in [-0.2, -0.15) is 0 Å². The number of rotatable bonds is 10. The lowest BCUT2D eigenvalue weighted by Gasteiger charge is -2.32. The average Bonchev–Trinajstić information content (AvgIpc) is 3.59. The highest BCUT2D eigenvalue weighted by atomic mass is 32.1. The van der Waals surface area contributed by atoms with E-state index < -0.39 is 11.4 Å². The van der Waals surface area contributed by atoms with Gasteiger partial charge in [0.15, 0.2) is 5.78 Å². The molecule has 9 nitrogen and oxygen atoms in total. The number of likely N-dealkylation sites (N-methyl/N-ethyl adjacent to an activating group) is 1. The van der Waals surface area contributed by atoms with Gasteiger partial charge in [0.2, 0.25) is 0 Å². The van der Waals surface area contributed by atoms with E-state index in [4.69, 9.17) is 9.72 Å². The van der Waals surface area contributed by atoms with Gasteiger partial charge in [0.05, 0.1) is 35.9 Å². The zero-order valence-corrected chi connectivity index (χ0v) is 24.2. The fourth-order valence-corrected chi connectivity index (χ4v) is 6.38. The van der Waals surface area contributed by atoms with Crippen molar-refractivity contribution in [3.63, 3.8) is 0 Å². The van der Waals surface area contributed by atoms with Gasteiger partial charge in [-0.05, 0) is 49.2 Å². The molecule has 0 radical (unpaired) electrons. The van der Waals surface area contributed by atoms with Gasteiger partial charge in [0.1, 0.15) is 5.75 Å². The Labute approximate surface area is 243 Å². The van der Waals surface area contributed by atoms with E-state index in [2.05, 4.69) is 16.9 Å². The fourth-order valence-electron chi connectivity index (χ4n) is 5.60. The van der Waals surface area contributed by atoms with Crippen LogP contribution in [0.4, 0.5) is 0 Å². The van der Waals surface area contributed by atoms with E-state index >= 15 is 0 Å². The minimum Gasteiger partial charge on any atom is -0.496 e. The molecule has 1 aromatic heterocycles. The molecule has 10 heteroatoms. The van der Waals surface area contributed by atoms with Gasteiger partial charge in [-0.1, -0.05) is 24.3 Å². The molecular formula is C31H34N4O5S. The predicted molar refractivity (Wildman–Crippen MR) is 158 cm³/mol. The summed E-state index contributed by atoms with van der Waals surface area (Å²) in [7, 11) is 3.65. The van der Waals surface area contributed by atoms with E-state index in [0.717, 1.165) is 40.5 Å². The minimum absolute atomic E-state index is 0.00230. The summed E-state index contributed by atoms with van der Waals surface area (Å²) in [6.45, 7) is 3.46. The number of benzene rings is 2. The number of methoxy groups -OCH3 is 1. The molecule has 0 atom stereocenters. The fraction of sp³-hybridized carbons (Fsp3) is 0.387. The van der Waals surface area contributed by atoms with E-state index in [-0.39, 0.29) is 18.1 Å². The highest BCUT2D eigenvalue weighted by Gasteiger charge is 2.44. The van der Waals surface area contributed by atoms with Crippen LogP contribution < -0.4 is 4.74 Å². The third kappa shape index (κ3) is 6.39. The number of carbonyl (C=O) groups excluding carboxylic acids is 2. The highest BCUT2D eigenvalue weighted by Crippen LogP contribution is 2.40. The number of ketones is 1. The summed E-state index contributed by atoms with van der Waals surface area (Å²) in [6, 6.07) is 13.2. The first-order chi connectivity index (χ1) is 19.8. The lowest BCUT2D eigenvalue weighted by molar-refractivity contribution is -0.142. The molecule has 1 aliphatic heterocycles. The van der Waals surface area contributed by atoms with Crippen molar-refractivity contribution < 1.29 is 24.2 Å². The lowest BCUT2D eigenvalue weighted by Crippen LogP contribution is -2.47. The molecule has 1 fully saturated rings. The van der Waals surface area contributed by atoms with Gasteiger partial charge in [-0.25, -0.2) is 4.98 Å². The van der Waals surface area contributed by atoms with Crippen molar-refractivity contribution >= 4 is 35.2 Å². The Morgan fingerprint density at radius 2 is 1.80 bits per heavy atom. The number of ether oxygens (including phenoxy) is 1. The average molecular weight is 575 g/mol. The van der Waals surface area contributed by atoms with Gasteiger partial charge in [-0.15, -0.1) is 11.3 Å². The topological polar surface area (TPSA) is 112 Å². The maximum atomic E-state index is 13.2. The second-order valence-corrected chi connectivity index (χ2v) is 11.7. The minimum atomic E-state index is -0.990. The maximum Gasteiger partial charge on any atom is 0.304 e. The molecule has 1 N–H and O–H groups in total. The number of hydrogen-bond acceptors (Lipinski definition) is 8. The number of amides is 1.